The first kappa shape index (κ1) is 19.6. The zero-order valence-electron chi connectivity index (χ0n) is 15.9. The molecule has 4 rings (SSSR count). The molecule has 0 aliphatic heterocycles. The fourth-order valence-electron chi connectivity index (χ4n) is 3.11. The highest BCUT2D eigenvalue weighted by atomic mass is 35.5. The van der Waals surface area contributed by atoms with Gasteiger partial charge >= 0.3 is 0 Å². The fourth-order valence-corrected chi connectivity index (χ4v) is 3.51. The van der Waals surface area contributed by atoms with Crippen LogP contribution in [0.15, 0.2) is 72.8 Å². The van der Waals surface area contributed by atoms with Crippen molar-refractivity contribution in [3.8, 4) is 17.4 Å². The van der Waals surface area contributed by atoms with E-state index in [1.807, 2.05) is 79.7 Å². The lowest BCUT2D eigenvalue weighted by atomic mass is 10.0. The number of fused-ring (bicyclic) bond motifs is 1. The van der Waals surface area contributed by atoms with Gasteiger partial charge in [0.25, 0.3) is 5.88 Å². The number of hydrogen-bond donors (Lipinski definition) is 0. The first-order valence-electron chi connectivity index (χ1n) is 9.36. The van der Waals surface area contributed by atoms with Crippen molar-refractivity contribution in [2.75, 3.05) is 6.61 Å². The second-order valence-corrected chi connectivity index (χ2v) is 7.38. The molecule has 3 aromatic carbocycles. The highest BCUT2D eigenvalue weighted by molar-refractivity contribution is 6.37. The lowest BCUT2D eigenvalue weighted by Crippen LogP contribution is -2.00. The molecule has 0 bridgehead atoms. The molecule has 0 spiro atoms. The van der Waals surface area contributed by atoms with Crippen LogP contribution in [0.25, 0.3) is 10.9 Å². The van der Waals surface area contributed by atoms with Crippen molar-refractivity contribution in [1.82, 2.24) is 4.98 Å². The predicted molar refractivity (Wildman–Crippen MR) is 119 cm³/mol. The van der Waals surface area contributed by atoms with Gasteiger partial charge in [-0.3, -0.25) is 0 Å². The van der Waals surface area contributed by atoms with E-state index < -0.39 is 0 Å². The van der Waals surface area contributed by atoms with Gasteiger partial charge in [0.2, 0.25) is 5.75 Å². The first-order chi connectivity index (χ1) is 14.1. The Morgan fingerprint density at radius 2 is 1.59 bits per heavy atom. The topological polar surface area (TPSA) is 31.4 Å². The minimum atomic E-state index is 0.388. The maximum Gasteiger partial charge on any atom is 0.259 e. The molecule has 0 N–H and O–H groups in total. The summed E-state index contributed by atoms with van der Waals surface area (Å²) >= 11 is 12.8. The van der Waals surface area contributed by atoms with E-state index in [2.05, 4.69) is 4.98 Å². The van der Waals surface area contributed by atoms with Gasteiger partial charge in [0.05, 0.1) is 17.1 Å². The van der Waals surface area contributed by atoms with E-state index in [0.29, 0.717) is 29.0 Å². The molecule has 0 fully saturated rings. The molecule has 0 amide bonds. The molecular weight excluding hydrogens is 405 g/mol. The lowest BCUT2D eigenvalue weighted by molar-refractivity contribution is 0.309. The first-order valence-corrected chi connectivity index (χ1v) is 10.1. The summed E-state index contributed by atoms with van der Waals surface area (Å²) in [5.41, 5.74) is 3.06. The van der Waals surface area contributed by atoms with Crippen LogP contribution in [0.5, 0.6) is 17.4 Å². The summed E-state index contributed by atoms with van der Waals surface area (Å²) in [4.78, 5) is 4.63. The molecule has 1 aromatic heterocycles. The molecule has 146 valence electrons. The molecule has 0 aliphatic rings. The number of aromatic nitrogens is 1. The van der Waals surface area contributed by atoms with E-state index >= 15 is 0 Å². The molecule has 4 aromatic rings. The summed E-state index contributed by atoms with van der Waals surface area (Å²) in [5.74, 6) is 1.49. The van der Waals surface area contributed by atoms with Crippen LogP contribution >= 0.6 is 23.2 Å². The lowest BCUT2D eigenvalue weighted by Gasteiger charge is -2.15. The van der Waals surface area contributed by atoms with Gasteiger partial charge in [0, 0.05) is 10.4 Å². The maximum absolute atomic E-state index is 6.77. The molecule has 0 radical (unpaired) electrons. The molecule has 3 nitrogen and oxygen atoms in total. The molecule has 5 heteroatoms. The Balaban J connectivity index is 1.75. The van der Waals surface area contributed by atoms with E-state index in [4.69, 9.17) is 32.7 Å². The van der Waals surface area contributed by atoms with Crippen LogP contribution in [0, 0.1) is 0 Å². The average Bonchev–Trinajstić information content (AvgIpc) is 2.74. The van der Waals surface area contributed by atoms with Gasteiger partial charge in [-0.25, -0.2) is 4.98 Å². The molecule has 29 heavy (non-hydrogen) atoms. The molecule has 1 heterocycles. The summed E-state index contributed by atoms with van der Waals surface area (Å²) in [7, 11) is 0. The van der Waals surface area contributed by atoms with E-state index in [1.165, 1.54) is 5.56 Å². The smallest absolute Gasteiger partial charge is 0.259 e. The molecule has 0 saturated carbocycles. The molecule has 0 atom stereocenters. The van der Waals surface area contributed by atoms with Gasteiger partial charge in [-0.2, -0.15) is 0 Å². The Kier molecular flexibility index (Phi) is 5.89. The van der Waals surface area contributed by atoms with Crippen LogP contribution < -0.4 is 9.47 Å². The summed E-state index contributed by atoms with van der Waals surface area (Å²) in [6.45, 7) is 2.37. The molecule has 0 unspecified atom stereocenters. The Labute approximate surface area is 179 Å². The van der Waals surface area contributed by atoms with Gasteiger partial charge in [0.15, 0.2) is 0 Å². The van der Waals surface area contributed by atoms with Crippen molar-refractivity contribution in [1.29, 1.82) is 0 Å². The largest absolute Gasteiger partial charge is 0.475 e. The van der Waals surface area contributed by atoms with Crippen molar-refractivity contribution in [3.05, 3.63) is 94.0 Å². The van der Waals surface area contributed by atoms with Gasteiger partial charge in [-0.1, -0.05) is 59.6 Å². The predicted octanol–water partition coefficient (Wildman–Crippen LogP) is 7.32. The van der Waals surface area contributed by atoms with Gasteiger partial charge in [-0.05, 0) is 60.9 Å². The zero-order valence-corrected chi connectivity index (χ0v) is 17.4. The standard InChI is InChI=1S/C24H19Cl2NO2/c1-2-28-24-23(29-19-6-4-3-5-7-19)22(26)20-15-17(10-13-21(20)27-24)14-16-8-11-18(25)12-9-16/h3-13,15H,2,14H2,1H3. The monoisotopic (exact) mass is 423 g/mol. The van der Waals surface area contributed by atoms with Crippen LogP contribution in [0.3, 0.4) is 0 Å². The minimum Gasteiger partial charge on any atom is -0.475 e. The Morgan fingerprint density at radius 1 is 0.862 bits per heavy atom. The third-order valence-corrected chi connectivity index (χ3v) is 5.11. The summed E-state index contributed by atoms with van der Waals surface area (Å²) in [5, 5.41) is 2.04. The molecular formula is C24H19Cl2NO2. The van der Waals surface area contributed by atoms with Crippen molar-refractivity contribution in [2.45, 2.75) is 13.3 Å². The third-order valence-electron chi connectivity index (χ3n) is 4.48. The number of halogens is 2. The minimum absolute atomic E-state index is 0.388. The second kappa shape index (κ2) is 8.73. The fraction of sp³-hybridized carbons (Fsp3) is 0.125. The second-order valence-electron chi connectivity index (χ2n) is 6.56. The van der Waals surface area contributed by atoms with Crippen LogP contribution in [-0.2, 0) is 6.42 Å². The van der Waals surface area contributed by atoms with Crippen molar-refractivity contribution < 1.29 is 9.47 Å². The van der Waals surface area contributed by atoms with E-state index in [-0.39, 0.29) is 0 Å². The normalized spacial score (nSPS) is 10.9. The number of para-hydroxylation sites is 1. The summed E-state index contributed by atoms with van der Waals surface area (Å²) in [6.07, 6.45) is 0.769. The summed E-state index contributed by atoms with van der Waals surface area (Å²) in [6, 6.07) is 23.4. The summed E-state index contributed by atoms with van der Waals surface area (Å²) < 4.78 is 11.7. The number of benzene rings is 3. The van der Waals surface area contributed by atoms with E-state index in [1.54, 1.807) is 0 Å². The van der Waals surface area contributed by atoms with Crippen LogP contribution in [0.4, 0.5) is 0 Å². The Hall–Kier alpha value is -2.75. The van der Waals surface area contributed by atoms with E-state index in [9.17, 15) is 0 Å². The molecule has 0 saturated heterocycles. The van der Waals surface area contributed by atoms with Crippen molar-refractivity contribution in [3.63, 3.8) is 0 Å². The Morgan fingerprint density at radius 3 is 2.31 bits per heavy atom. The SMILES string of the molecule is CCOc1nc2ccc(Cc3ccc(Cl)cc3)cc2c(Cl)c1Oc1ccccc1. The van der Waals surface area contributed by atoms with Gasteiger partial charge in [-0.15, -0.1) is 0 Å². The van der Waals surface area contributed by atoms with Crippen LogP contribution in [0.2, 0.25) is 10.0 Å². The van der Waals surface area contributed by atoms with E-state index in [0.717, 1.165) is 27.9 Å². The number of nitrogens with zero attached hydrogens (tertiary/aromatic N) is 1. The number of ether oxygens (including phenoxy) is 2. The van der Waals surface area contributed by atoms with Crippen molar-refractivity contribution >= 4 is 34.1 Å². The number of hydrogen-bond acceptors (Lipinski definition) is 3. The van der Waals surface area contributed by atoms with Crippen LogP contribution in [-0.4, -0.2) is 11.6 Å². The Bertz CT molecular complexity index is 1130. The van der Waals surface area contributed by atoms with Crippen LogP contribution in [0.1, 0.15) is 18.1 Å². The zero-order chi connectivity index (χ0) is 20.2. The van der Waals surface area contributed by atoms with Crippen molar-refractivity contribution in [2.24, 2.45) is 0 Å². The van der Waals surface area contributed by atoms with Gasteiger partial charge in [0.1, 0.15) is 5.75 Å². The third kappa shape index (κ3) is 4.47. The highest BCUT2D eigenvalue weighted by Crippen LogP contribution is 2.41. The number of rotatable bonds is 6. The average molecular weight is 424 g/mol. The maximum atomic E-state index is 6.77. The molecule has 0 aliphatic carbocycles. The quantitative estimate of drug-likeness (QED) is 0.325. The number of pyridine rings is 1. The van der Waals surface area contributed by atoms with Gasteiger partial charge < -0.3 is 9.47 Å². The highest BCUT2D eigenvalue weighted by Gasteiger charge is 2.18.